The van der Waals surface area contributed by atoms with Gasteiger partial charge in [-0.2, -0.15) is 0 Å². The molecule has 0 aliphatic carbocycles. The second-order valence-electron chi connectivity index (χ2n) is 18.7. The smallest absolute Gasteiger partial charge is 0.406 e. The standard InChI is InChI=1S/C49H62F3N9O7S/c1-31(34-9-11-35(12-10-34)44-32(2)55-30-69-44)56-46(64)39-26-37(62)29-60(39)47(65)45(48(3,4)5)57-43(63)17-21-66-23-24-67-22-20-59-18-15-33(16-19-59)27-53-41-13-14-42-54-28-40(61(42)58-41)36-7-6-8-38(25-36)68-49(50,51)52/h6-14,25,28,30-31,33,37,39,45,62H,15-24,26-27,29H2,1-5H3,(H,53,58)(H,56,64)(H,57,63)/t31-,37+,39-,45+/m0/s1. The number of aliphatic hydroxyl groups is 1. The number of carbonyl (C=O) groups excluding carboxylic acids is 3. The molecule has 2 aliphatic rings. The number of fused-ring (bicyclic) bond motifs is 1. The zero-order valence-corrected chi connectivity index (χ0v) is 40.4. The summed E-state index contributed by atoms with van der Waals surface area (Å²) in [4.78, 5) is 54.3. The molecule has 3 aromatic heterocycles. The van der Waals surface area contributed by atoms with Gasteiger partial charge in [-0.15, -0.1) is 29.6 Å². The average Bonchev–Trinajstić information content (AvgIpc) is 4.05. The molecule has 2 aliphatic heterocycles. The quantitative estimate of drug-likeness (QED) is 0.0611. The van der Waals surface area contributed by atoms with E-state index >= 15 is 0 Å². The molecule has 20 heteroatoms. The van der Waals surface area contributed by atoms with E-state index < -0.39 is 35.9 Å². The summed E-state index contributed by atoms with van der Waals surface area (Å²) in [6.07, 6.45) is -1.99. The van der Waals surface area contributed by atoms with Crippen LogP contribution in [0.5, 0.6) is 5.75 Å². The van der Waals surface area contributed by atoms with Gasteiger partial charge in [-0.1, -0.05) is 57.2 Å². The number of hydrogen-bond acceptors (Lipinski definition) is 13. The Morgan fingerprint density at radius 3 is 2.36 bits per heavy atom. The number of piperidine rings is 1. The van der Waals surface area contributed by atoms with Gasteiger partial charge in [0.05, 0.1) is 66.5 Å². The summed E-state index contributed by atoms with van der Waals surface area (Å²) in [6, 6.07) is 15.1. The maximum atomic E-state index is 14.1. The number of hydrogen-bond donors (Lipinski definition) is 4. The van der Waals surface area contributed by atoms with Gasteiger partial charge in [0.2, 0.25) is 17.7 Å². The van der Waals surface area contributed by atoms with E-state index in [-0.39, 0.29) is 49.6 Å². The molecule has 69 heavy (non-hydrogen) atoms. The Morgan fingerprint density at radius 1 is 0.928 bits per heavy atom. The Morgan fingerprint density at radius 2 is 1.67 bits per heavy atom. The van der Waals surface area contributed by atoms with Gasteiger partial charge < -0.3 is 45.1 Å². The highest BCUT2D eigenvalue weighted by Gasteiger charge is 2.44. The number of aromatic nitrogens is 4. The number of β-amino-alcohol motifs (C(OH)–C–C–N with tert-alkyl or cyclic N) is 1. The third-order valence-corrected chi connectivity index (χ3v) is 13.4. The zero-order chi connectivity index (χ0) is 49.3. The summed E-state index contributed by atoms with van der Waals surface area (Å²) in [5, 5.41) is 24.6. The van der Waals surface area contributed by atoms with Crippen LogP contribution in [0.3, 0.4) is 0 Å². The monoisotopic (exact) mass is 977 g/mol. The van der Waals surface area contributed by atoms with Gasteiger partial charge >= 0.3 is 6.36 Å². The van der Waals surface area contributed by atoms with E-state index in [0.29, 0.717) is 48.5 Å². The van der Waals surface area contributed by atoms with Crippen molar-refractivity contribution in [2.75, 3.05) is 64.5 Å². The van der Waals surface area contributed by atoms with Crippen molar-refractivity contribution < 1.29 is 46.9 Å². The van der Waals surface area contributed by atoms with Gasteiger partial charge in [-0.3, -0.25) is 14.4 Å². The minimum absolute atomic E-state index is 0.0141. The molecule has 5 heterocycles. The molecule has 2 aromatic carbocycles. The first kappa shape index (κ1) is 51.2. The number of aryl methyl sites for hydroxylation is 1. The second-order valence-corrected chi connectivity index (χ2v) is 19.6. The van der Waals surface area contributed by atoms with Crippen LogP contribution in [0.4, 0.5) is 19.0 Å². The molecule has 2 fully saturated rings. The maximum absolute atomic E-state index is 14.1. The molecule has 4 N–H and O–H groups in total. The van der Waals surface area contributed by atoms with Gasteiger partial charge in [0.15, 0.2) is 5.65 Å². The molecule has 7 rings (SSSR count). The van der Waals surface area contributed by atoms with Crippen molar-refractivity contribution in [1.29, 1.82) is 0 Å². The van der Waals surface area contributed by atoms with Crippen LogP contribution in [0.2, 0.25) is 0 Å². The lowest BCUT2D eigenvalue weighted by atomic mass is 9.85. The Labute approximate surface area is 403 Å². The molecular formula is C49H62F3N9O7S. The average molecular weight is 978 g/mol. The molecule has 2 saturated heterocycles. The van der Waals surface area contributed by atoms with Gasteiger partial charge in [-0.05, 0) is 86.5 Å². The number of benzene rings is 2. The summed E-state index contributed by atoms with van der Waals surface area (Å²) in [5.74, 6) is -0.406. The van der Waals surface area contributed by atoms with Crippen molar-refractivity contribution in [2.45, 2.75) is 90.9 Å². The van der Waals surface area contributed by atoms with Crippen LogP contribution in [0.25, 0.3) is 27.3 Å². The third-order valence-electron chi connectivity index (χ3n) is 12.5. The van der Waals surface area contributed by atoms with E-state index in [4.69, 9.17) is 9.47 Å². The Kier molecular flexibility index (Phi) is 16.9. The van der Waals surface area contributed by atoms with E-state index in [1.54, 1.807) is 28.1 Å². The SMILES string of the molecule is Cc1ncsc1-c1ccc([C@H](C)NC(=O)[C@@H]2C[C@@H](O)CN2C(=O)[C@@H](NC(=O)CCOCCOCCN2CCC(CNc3ccc4ncc(-c5cccc(OC(F)(F)F)c5)n4n3)CC2)C(C)(C)C)cc1. The first-order valence-corrected chi connectivity index (χ1v) is 24.2. The van der Waals surface area contributed by atoms with Crippen LogP contribution < -0.4 is 20.7 Å². The lowest BCUT2D eigenvalue weighted by molar-refractivity contribution is -0.274. The lowest BCUT2D eigenvalue weighted by Gasteiger charge is -2.35. The normalized spacial score (nSPS) is 18.0. The minimum atomic E-state index is -4.79. The molecule has 0 unspecified atom stereocenters. The molecule has 3 amide bonds. The molecule has 4 atom stereocenters. The number of carbonyl (C=O) groups is 3. The van der Waals surface area contributed by atoms with Crippen molar-refractivity contribution in [1.82, 2.24) is 40.0 Å². The van der Waals surface area contributed by atoms with Gasteiger partial charge in [0.1, 0.15) is 23.7 Å². The number of thiazole rings is 1. The van der Waals surface area contributed by atoms with Gasteiger partial charge in [0.25, 0.3) is 0 Å². The second kappa shape index (κ2) is 22.8. The number of nitrogens with zero attached hydrogens (tertiary/aromatic N) is 6. The number of likely N-dealkylation sites (tertiary alicyclic amines) is 2. The predicted molar refractivity (Wildman–Crippen MR) is 255 cm³/mol. The highest BCUT2D eigenvalue weighted by molar-refractivity contribution is 7.13. The summed E-state index contributed by atoms with van der Waals surface area (Å²) in [5.41, 5.74) is 5.62. The number of ether oxygens (including phenoxy) is 3. The lowest BCUT2D eigenvalue weighted by Crippen LogP contribution is -2.58. The fraction of sp³-hybridized carbons (Fsp3) is 0.510. The number of rotatable bonds is 20. The van der Waals surface area contributed by atoms with E-state index in [2.05, 4.69) is 40.7 Å². The van der Waals surface area contributed by atoms with Crippen LogP contribution in [-0.4, -0.2) is 136 Å². The molecule has 0 spiro atoms. The van der Waals surface area contributed by atoms with E-state index in [1.807, 2.05) is 76.5 Å². The molecule has 372 valence electrons. The van der Waals surface area contributed by atoms with Crippen molar-refractivity contribution in [2.24, 2.45) is 11.3 Å². The van der Waals surface area contributed by atoms with Crippen LogP contribution in [0, 0.1) is 18.3 Å². The number of amides is 3. The number of aliphatic hydroxyl groups excluding tert-OH is 1. The predicted octanol–water partition coefficient (Wildman–Crippen LogP) is 6.64. The van der Waals surface area contributed by atoms with E-state index in [1.165, 1.54) is 23.1 Å². The molecule has 0 bridgehead atoms. The molecule has 0 saturated carbocycles. The molecular weight excluding hydrogens is 916 g/mol. The van der Waals surface area contributed by atoms with E-state index in [0.717, 1.165) is 60.7 Å². The topological polar surface area (TPSA) is 185 Å². The van der Waals surface area contributed by atoms with Gasteiger partial charge in [-0.25, -0.2) is 14.5 Å². The zero-order valence-electron chi connectivity index (χ0n) is 39.6. The van der Waals surface area contributed by atoms with Gasteiger partial charge in [0, 0.05) is 38.0 Å². The summed E-state index contributed by atoms with van der Waals surface area (Å²) in [7, 11) is 0. The minimum Gasteiger partial charge on any atom is -0.406 e. The first-order valence-electron chi connectivity index (χ1n) is 23.3. The highest BCUT2D eigenvalue weighted by Crippen LogP contribution is 2.31. The third kappa shape index (κ3) is 14.0. The molecule has 16 nitrogen and oxygen atoms in total. The van der Waals surface area contributed by atoms with Crippen LogP contribution in [0.1, 0.15) is 70.7 Å². The Bertz CT molecular complexity index is 2510. The molecule has 0 radical (unpaired) electrons. The Balaban J connectivity index is 0.771. The number of nitrogens with one attached hydrogen (secondary N) is 3. The van der Waals surface area contributed by atoms with Crippen molar-refractivity contribution in [3.63, 3.8) is 0 Å². The number of anilines is 1. The number of imidazole rings is 1. The maximum Gasteiger partial charge on any atom is 0.573 e. The first-order chi connectivity index (χ1) is 32.9. The highest BCUT2D eigenvalue weighted by atomic mass is 32.1. The Hall–Kier alpha value is -5.67. The van der Waals surface area contributed by atoms with Crippen molar-refractivity contribution in [3.8, 4) is 27.4 Å². The summed E-state index contributed by atoms with van der Waals surface area (Å²) in [6.45, 7) is 14.1. The number of halogens is 3. The largest absolute Gasteiger partial charge is 0.573 e. The van der Waals surface area contributed by atoms with Crippen LogP contribution in [0.15, 0.2) is 72.4 Å². The van der Waals surface area contributed by atoms with Crippen LogP contribution >= 0.6 is 11.3 Å². The van der Waals surface area contributed by atoms with Crippen LogP contribution in [-0.2, 0) is 23.9 Å². The fourth-order valence-electron chi connectivity index (χ4n) is 8.61. The summed E-state index contributed by atoms with van der Waals surface area (Å²) >= 11 is 1.57. The number of alkyl halides is 3. The van der Waals surface area contributed by atoms with Crippen molar-refractivity contribution >= 4 is 40.5 Å². The van der Waals surface area contributed by atoms with Crippen molar-refractivity contribution in [3.05, 3.63) is 83.6 Å². The van der Waals surface area contributed by atoms with E-state index in [9.17, 15) is 32.7 Å². The fourth-order valence-corrected chi connectivity index (χ4v) is 9.42. The molecule has 5 aromatic rings. The summed E-state index contributed by atoms with van der Waals surface area (Å²) < 4.78 is 55.6.